The molecule has 4 rings (SSSR count). The zero-order chi connectivity index (χ0) is 18.4. The molecule has 130 valence electrons. The third kappa shape index (κ3) is 2.31. The molecule has 0 fully saturated rings. The molecule has 4 aromatic rings. The predicted molar refractivity (Wildman–Crippen MR) is 96.7 cm³/mol. The molecule has 0 unspecified atom stereocenters. The largest absolute Gasteiger partial charge is 0.495 e. The van der Waals surface area contributed by atoms with Crippen molar-refractivity contribution in [2.45, 2.75) is 6.92 Å². The first-order chi connectivity index (χ1) is 12.5. The Labute approximate surface area is 146 Å². The SMILES string of the molecule is COc1ccc(-c2nc3ccc([N+](=O)[O-])cn3c2C)c2ccc(=O)[nH]c12. The summed E-state index contributed by atoms with van der Waals surface area (Å²) in [7, 11) is 1.54. The number of benzene rings is 1. The predicted octanol–water partition coefficient (Wildman–Crippen LogP) is 3.07. The molecule has 0 saturated carbocycles. The minimum absolute atomic E-state index is 0.00605. The van der Waals surface area contributed by atoms with Gasteiger partial charge in [0.25, 0.3) is 5.69 Å². The van der Waals surface area contributed by atoms with Crippen molar-refractivity contribution < 1.29 is 9.66 Å². The highest BCUT2D eigenvalue weighted by atomic mass is 16.6. The lowest BCUT2D eigenvalue weighted by Crippen LogP contribution is -2.04. The van der Waals surface area contributed by atoms with Crippen LogP contribution in [-0.4, -0.2) is 26.4 Å². The van der Waals surface area contributed by atoms with Crippen LogP contribution in [0.15, 0.2) is 47.4 Å². The highest BCUT2D eigenvalue weighted by molar-refractivity contribution is 5.97. The van der Waals surface area contributed by atoms with Gasteiger partial charge in [0.15, 0.2) is 0 Å². The molecule has 0 aliphatic heterocycles. The fourth-order valence-electron chi connectivity index (χ4n) is 3.12. The number of pyridine rings is 2. The van der Waals surface area contributed by atoms with E-state index in [0.29, 0.717) is 22.6 Å². The van der Waals surface area contributed by atoms with E-state index in [1.54, 1.807) is 22.6 Å². The maximum absolute atomic E-state index is 11.7. The van der Waals surface area contributed by atoms with Crippen molar-refractivity contribution in [1.82, 2.24) is 14.4 Å². The number of imidazole rings is 1. The second kappa shape index (κ2) is 5.69. The molecule has 26 heavy (non-hydrogen) atoms. The van der Waals surface area contributed by atoms with Crippen LogP contribution in [0.3, 0.4) is 0 Å². The van der Waals surface area contributed by atoms with E-state index in [1.807, 2.05) is 13.0 Å². The van der Waals surface area contributed by atoms with Gasteiger partial charge in [0.05, 0.1) is 29.4 Å². The third-order valence-electron chi connectivity index (χ3n) is 4.38. The van der Waals surface area contributed by atoms with Crippen LogP contribution >= 0.6 is 0 Å². The summed E-state index contributed by atoms with van der Waals surface area (Å²) in [5.41, 5.74) is 3.22. The number of H-pyrrole nitrogens is 1. The second-order valence-electron chi connectivity index (χ2n) is 5.85. The molecule has 0 amide bonds. The van der Waals surface area contributed by atoms with Crippen LogP contribution in [-0.2, 0) is 0 Å². The minimum atomic E-state index is -0.438. The van der Waals surface area contributed by atoms with Gasteiger partial charge in [0, 0.05) is 28.8 Å². The quantitative estimate of drug-likeness (QED) is 0.452. The van der Waals surface area contributed by atoms with Gasteiger partial charge in [-0.05, 0) is 31.2 Å². The molecule has 3 heterocycles. The summed E-state index contributed by atoms with van der Waals surface area (Å²) in [4.78, 5) is 29.7. The number of hydrogen-bond acceptors (Lipinski definition) is 5. The smallest absolute Gasteiger partial charge is 0.286 e. The van der Waals surface area contributed by atoms with E-state index in [9.17, 15) is 14.9 Å². The molecule has 3 aromatic heterocycles. The number of ether oxygens (including phenoxy) is 1. The zero-order valence-corrected chi connectivity index (χ0v) is 14.0. The van der Waals surface area contributed by atoms with Crippen molar-refractivity contribution in [2.24, 2.45) is 0 Å². The number of hydrogen-bond donors (Lipinski definition) is 1. The number of rotatable bonds is 3. The van der Waals surface area contributed by atoms with Gasteiger partial charge in [0.1, 0.15) is 11.4 Å². The van der Waals surface area contributed by atoms with Gasteiger partial charge in [-0.2, -0.15) is 0 Å². The van der Waals surface area contributed by atoms with Gasteiger partial charge in [-0.1, -0.05) is 0 Å². The van der Waals surface area contributed by atoms with Crippen LogP contribution in [0.2, 0.25) is 0 Å². The van der Waals surface area contributed by atoms with E-state index in [2.05, 4.69) is 9.97 Å². The Morgan fingerprint density at radius 1 is 1.19 bits per heavy atom. The lowest BCUT2D eigenvalue weighted by atomic mass is 10.0. The van der Waals surface area contributed by atoms with Gasteiger partial charge >= 0.3 is 0 Å². The van der Waals surface area contributed by atoms with E-state index in [4.69, 9.17) is 4.74 Å². The van der Waals surface area contributed by atoms with Crippen LogP contribution in [0, 0.1) is 17.0 Å². The average Bonchev–Trinajstić information content (AvgIpc) is 2.96. The van der Waals surface area contributed by atoms with Gasteiger partial charge in [0.2, 0.25) is 5.56 Å². The van der Waals surface area contributed by atoms with Gasteiger partial charge < -0.3 is 9.72 Å². The van der Waals surface area contributed by atoms with E-state index in [-0.39, 0.29) is 11.2 Å². The summed E-state index contributed by atoms with van der Waals surface area (Å²) in [5, 5.41) is 11.8. The zero-order valence-electron chi connectivity index (χ0n) is 14.0. The molecular formula is C18H14N4O4. The summed E-state index contributed by atoms with van der Waals surface area (Å²) in [5.74, 6) is 0.554. The number of aromatic nitrogens is 3. The van der Waals surface area contributed by atoms with E-state index in [0.717, 1.165) is 16.6 Å². The van der Waals surface area contributed by atoms with E-state index < -0.39 is 4.92 Å². The summed E-state index contributed by atoms with van der Waals surface area (Å²) in [6, 6.07) is 9.83. The van der Waals surface area contributed by atoms with Gasteiger partial charge in [-0.25, -0.2) is 4.98 Å². The van der Waals surface area contributed by atoms with Crippen LogP contribution in [0.4, 0.5) is 5.69 Å². The molecule has 0 radical (unpaired) electrons. The number of aryl methyl sites for hydroxylation is 1. The molecule has 0 aliphatic carbocycles. The highest BCUT2D eigenvalue weighted by Crippen LogP contribution is 2.34. The standard InChI is InChI=1S/C18H14N4O4/c1-10-17(19-15-7-3-11(22(24)25)9-21(10)15)12-4-6-14(26-2)18-13(12)5-8-16(23)20-18/h3-9H,1-2H3,(H,20,23). The van der Waals surface area contributed by atoms with Gasteiger partial charge in [-0.3, -0.25) is 19.3 Å². The lowest BCUT2D eigenvalue weighted by molar-refractivity contribution is -0.385. The fraction of sp³-hybridized carbons (Fsp3) is 0.111. The Balaban J connectivity index is 2.03. The Morgan fingerprint density at radius 2 is 2.00 bits per heavy atom. The number of fused-ring (bicyclic) bond motifs is 2. The molecule has 8 nitrogen and oxygen atoms in total. The van der Waals surface area contributed by atoms with Crippen molar-refractivity contribution in [1.29, 1.82) is 0 Å². The Hall–Kier alpha value is -3.68. The summed E-state index contributed by atoms with van der Waals surface area (Å²) < 4.78 is 7.02. The van der Waals surface area contributed by atoms with Crippen molar-refractivity contribution >= 4 is 22.2 Å². The number of nitro groups is 1. The molecule has 0 bridgehead atoms. The number of aromatic amines is 1. The summed E-state index contributed by atoms with van der Waals surface area (Å²) in [6.45, 7) is 1.85. The molecule has 8 heteroatoms. The van der Waals surface area contributed by atoms with Gasteiger partial charge in [-0.15, -0.1) is 0 Å². The Bertz CT molecular complexity index is 1240. The van der Waals surface area contributed by atoms with Crippen LogP contribution in [0.25, 0.3) is 27.8 Å². The third-order valence-corrected chi connectivity index (χ3v) is 4.38. The monoisotopic (exact) mass is 350 g/mol. The first kappa shape index (κ1) is 15.8. The van der Waals surface area contributed by atoms with Crippen molar-refractivity contribution in [3.8, 4) is 17.0 Å². The molecule has 0 spiro atoms. The summed E-state index contributed by atoms with van der Waals surface area (Å²) in [6.07, 6.45) is 1.45. The van der Waals surface area contributed by atoms with Crippen molar-refractivity contribution in [2.75, 3.05) is 7.11 Å². The number of methoxy groups -OCH3 is 1. The van der Waals surface area contributed by atoms with Crippen molar-refractivity contribution in [3.05, 3.63) is 68.8 Å². The molecule has 1 aromatic carbocycles. The molecule has 0 aliphatic rings. The first-order valence-electron chi connectivity index (χ1n) is 7.83. The normalized spacial score (nSPS) is 11.2. The number of nitrogens with one attached hydrogen (secondary N) is 1. The number of nitrogens with zero attached hydrogens (tertiary/aromatic N) is 3. The van der Waals surface area contributed by atoms with Crippen LogP contribution in [0.5, 0.6) is 5.75 Å². The van der Waals surface area contributed by atoms with E-state index in [1.165, 1.54) is 25.4 Å². The Morgan fingerprint density at radius 3 is 2.73 bits per heavy atom. The maximum Gasteiger partial charge on any atom is 0.286 e. The van der Waals surface area contributed by atoms with Crippen LogP contribution < -0.4 is 10.3 Å². The highest BCUT2D eigenvalue weighted by Gasteiger charge is 2.17. The van der Waals surface area contributed by atoms with Crippen LogP contribution in [0.1, 0.15) is 5.69 Å². The second-order valence-corrected chi connectivity index (χ2v) is 5.85. The van der Waals surface area contributed by atoms with E-state index >= 15 is 0 Å². The fourth-order valence-corrected chi connectivity index (χ4v) is 3.12. The Kier molecular flexibility index (Phi) is 3.47. The summed E-state index contributed by atoms with van der Waals surface area (Å²) >= 11 is 0. The molecule has 0 atom stereocenters. The minimum Gasteiger partial charge on any atom is -0.495 e. The first-order valence-corrected chi connectivity index (χ1v) is 7.83. The molecule has 0 saturated heterocycles. The lowest BCUT2D eigenvalue weighted by Gasteiger charge is -2.09. The maximum atomic E-state index is 11.7. The van der Waals surface area contributed by atoms with Crippen molar-refractivity contribution in [3.63, 3.8) is 0 Å². The molecule has 1 N–H and O–H groups in total. The topological polar surface area (TPSA) is 103 Å². The average molecular weight is 350 g/mol. The molecular weight excluding hydrogens is 336 g/mol.